The molecule has 55 heavy (non-hydrogen) atoms. The van der Waals surface area contributed by atoms with Gasteiger partial charge in [-0.1, -0.05) is 137 Å². The van der Waals surface area contributed by atoms with Crippen LogP contribution in [0.25, 0.3) is 0 Å². The van der Waals surface area contributed by atoms with Crippen LogP contribution in [0.3, 0.4) is 0 Å². The zero-order valence-electron chi connectivity index (χ0n) is 34.4. The topological polar surface area (TPSA) is 134 Å². The van der Waals surface area contributed by atoms with E-state index < -0.39 is 32.5 Å². The SMILES string of the molecule is CCCCCC=CCC=CCC=CCC=CCCCC(=O)O[C@H](COC(=O)CCCCCCC=CCC=CCC=CCCCCC)COP(=O)(O)OCCN. The average molecular weight is 790 g/mol. The number of carbonyl (C=O) groups is 2. The molecule has 0 amide bonds. The smallest absolute Gasteiger partial charge is 0.462 e. The predicted octanol–water partition coefficient (Wildman–Crippen LogP) is 12.0. The Morgan fingerprint density at radius 2 is 0.964 bits per heavy atom. The van der Waals surface area contributed by atoms with Crippen LogP contribution in [0.4, 0.5) is 0 Å². The molecule has 0 aromatic rings. The van der Waals surface area contributed by atoms with Crippen molar-refractivity contribution in [2.24, 2.45) is 5.73 Å². The molecule has 10 heteroatoms. The summed E-state index contributed by atoms with van der Waals surface area (Å²) in [6, 6.07) is 0. The Morgan fingerprint density at radius 3 is 1.44 bits per heavy atom. The average Bonchev–Trinajstić information content (AvgIpc) is 3.17. The number of nitrogens with two attached hydrogens (primary N) is 1. The van der Waals surface area contributed by atoms with E-state index >= 15 is 0 Å². The Kier molecular flexibility index (Phi) is 38.8. The minimum absolute atomic E-state index is 0.0370. The van der Waals surface area contributed by atoms with Crippen LogP contribution in [0, 0.1) is 0 Å². The molecule has 0 saturated carbocycles. The maximum atomic E-state index is 12.5. The van der Waals surface area contributed by atoms with Crippen LogP contribution in [0.15, 0.2) is 85.1 Å². The summed E-state index contributed by atoms with van der Waals surface area (Å²) in [4.78, 5) is 34.8. The Bertz CT molecular complexity index is 1170. The lowest BCUT2D eigenvalue weighted by atomic mass is 10.1. The van der Waals surface area contributed by atoms with E-state index in [0.717, 1.165) is 57.8 Å². The zero-order valence-corrected chi connectivity index (χ0v) is 35.3. The van der Waals surface area contributed by atoms with Crippen molar-refractivity contribution in [3.8, 4) is 0 Å². The number of unbranched alkanes of at least 4 members (excludes halogenated alkanes) is 11. The van der Waals surface area contributed by atoms with Crippen molar-refractivity contribution in [1.29, 1.82) is 0 Å². The standard InChI is InChI=1S/C45H76NO8P/c1-3-5-7-9-11-13-15-17-19-21-23-25-27-29-31-33-35-37-44(47)51-41-43(42-53-55(49,50)52-40-39-46)54-45(48)38-36-34-32-30-28-26-24-22-20-18-16-14-12-10-8-6-4-2/h11-14,17-20,23-26,30,32,43H,3-10,15-16,21-22,27-29,31,33-42,46H2,1-2H3,(H,49,50)/t43-/m1/s1. The van der Waals surface area contributed by atoms with Crippen LogP contribution in [0.2, 0.25) is 0 Å². The lowest BCUT2D eigenvalue weighted by Gasteiger charge is -2.19. The third-order valence-corrected chi connectivity index (χ3v) is 9.24. The fraction of sp³-hybridized carbons (Fsp3) is 0.644. The molecule has 9 nitrogen and oxygen atoms in total. The first-order valence-corrected chi connectivity index (χ1v) is 22.6. The number of phosphoric ester groups is 1. The van der Waals surface area contributed by atoms with Gasteiger partial charge in [0.25, 0.3) is 0 Å². The first kappa shape index (κ1) is 52.2. The summed E-state index contributed by atoms with van der Waals surface area (Å²) < 4.78 is 32.7. The number of ether oxygens (including phenoxy) is 2. The van der Waals surface area contributed by atoms with Crippen molar-refractivity contribution >= 4 is 19.8 Å². The molecule has 0 saturated heterocycles. The van der Waals surface area contributed by atoms with Crippen LogP contribution in [-0.2, 0) is 32.7 Å². The first-order valence-electron chi connectivity index (χ1n) is 21.1. The summed E-state index contributed by atoms with van der Waals surface area (Å²) in [5.41, 5.74) is 5.34. The molecular weight excluding hydrogens is 713 g/mol. The Labute approximate surface area is 334 Å². The second kappa shape index (κ2) is 40.8. The van der Waals surface area contributed by atoms with Crippen molar-refractivity contribution < 1.29 is 37.6 Å². The molecule has 3 N–H and O–H groups in total. The van der Waals surface area contributed by atoms with Crippen LogP contribution >= 0.6 is 7.82 Å². The van der Waals surface area contributed by atoms with Gasteiger partial charge >= 0.3 is 19.8 Å². The van der Waals surface area contributed by atoms with E-state index in [2.05, 4.69) is 92.8 Å². The Morgan fingerprint density at radius 1 is 0.545 bits per heavy atom. The Hall–Kier alpha value is -2.81. The summed E-state index contributed by atoms with van der Waals surface area (Å²) in [5.74, 6) is -0.929. The summed E-state index contributed by atoms with van der Waals surface area (Å²) in [7, 11) is -4.40. The zero-order chi connectivity index (χ0) is 40.3. The molecule has 0 aromatic carbocycles. The molecule has 0 aliphatic rings. The molecule has 0 radical (unpaired) electrons. The molecule has 0 bridgehead atoms. The quantitative estimate of drug-likeness (QED) is 0.0271. The Balaban J connectivity index is 4.34. The minimum Gasteiger partial charge on any atom is -0.462 e. The molecule has 0 aliphatic carbocycles. The van der Waals surface area contributed by atoms with Gasteiger partial charge in [0, 0.05) is 19.4 Å². The highest BCUT2D eigenvalue weighted by Crippen LogP contribution is 2.43. The van der Waals surface area contributed by atoms with Gasteiger partial charge in [-0.2, -0.15) is 0 Å². The molecule has 0 aromatic heterocycles. The molecule has 0 spiro atoms. The highest BCUT2D eigenvalue weighted by Gasteiger charge is 2.25. The van der Waals surface area contributed by atoms with Crippen LogP contribution < -0.4 is 5.73 Å². The predicted molar refractivity (Wildman–Crippen MR) is 229 cm³/mol. The molecule has 0 aliphatic heterocycles. The number of allylic oxidation sites excluding steroid dienone is 14. The van der Waals surface area contributed by atoms with Crippen LogP contribution in [-0.4, -0.2) is 49.3 Å². The van der Waals surface area contributed by atoms with Crippen molar-refractivity contribution in [2.75, 3.05) is 26.4 Å². The van der Waals surface area contributed by atoms with Gasteiger partial charge in [0.05, 0.1) is 13.2 Å². The van der Waals surface area contributed by atoms with Gasteiger partial charge in [0.15, 0.2) is 6.10 Å². The molecule has 2 atom stereocenters. The van der Waals surface area contributed by atoms with Crippen LogP contribution in [0.5, 0.6) is 0 Å². The third-order valence-electron chi connectivity index (χ3n) is 8.25. The van der Waals surface area contributed by atoms with E-state index in [9.17, 15) is 19.0 Å². The van der Waals surface area contributed by atoms with E-state index in [0.29, 0.717) is 19.3 Å². The maximum absolute atomic E-state index is 12.5. The molecule has 0 rings (SSSR count). The molecule has 314 valence electrons. The van der Waals surface area contributed by atoms with Gasteiger partial charge < -0.3 is 20.1 Å². The number of rotatable bonds is 38. The van der Waals surface area contributed by atoms with Gasteiger partial charge in [0.2, 0.25) is 0 Å². The lowest BCUT2D eigenvalue weighted by Crippen LogP contribution is -2.29. The number of hydrogen-bond acceptors (Lipinski definition) is 8. The molecular formula is C45H76NO8P. The first-order chi connectivity index (χ1) is 26.8. The summed E-state index contributed by atoms with van der Waals surface area (Å²) >= 11 is 0. The van der Waals surface area contributed by atoms with E-state index in [1.54, 1.807) is 0 Å². The number of esters is 2. The fourth-order valence-corrected chi connectivity index (χ4v) is 5.87. The number of carbonyl (C=O) groups excluding carboxylic acids is 2. The lowest BCUT2D eigenvalue weighted by molar-refractivity contribution is -0.161. The van der Waals surface area contributed by atoms with E-state index in [1.165, 1.54) is 51.4 Å². The summed E-state index contributed by atoms with van der Waals surface area (Å²) in [6.45, 7) is 3.56. The normalized spacial score (nSPS) is 14.2. The fourth-order valence-electron chi connectivity index (χ4n) is 5.10. The van der Waals surface area contributed by atoms with Gasteiger partial charge in [-0.15, -0.1) is 0 Å². The minimum atomic E-state index is -4.40. The van der Waals surface area contributed by atoms with E-state index in [-0.39, 0.29) is 32.6 Å². The molecule has 0 fully saturated rings. The van der Waals surface area contributed by atoms with E-state index in [4.69, 9.17) is 24.3 Å². The second-order valence-electron chi connectivity index (χ2n) is 13.5. The largest absolute Gasteiger partial charge is 0.472 e. The molecule has 1 unspecified atom stereocenters. The molecule has 0 heterocycles. The van der Waals surface area contributed by atoms with Gasteiger partial charge in [-0.25, -0.2) is 4.57 Å². The van der Waals surface area contributed by atoms with E-state index in [1.807, 2.05) is 6.08 Å². The third kappa shape index (κ3) is 40.7. The highest BCUT2D eigenvalue weighted by molar-refractivity contribution is 7.47. The van der Waals surface area contributed by atoms with Gasteiger partial charge in [-0.05, 0) is 89.9 Å². The summed E-state index contributed by atoms with van der Waals surface area (Å²) in [6.07, 6.45) is 50.4. The van der Waals surface area contributed by atoms with Crippen molar-refractivity contribution in [3.05, 3.63) is 85.1 Å². The van der Waals surface area contributed by atoms with Crippen LogP contribution in [0.1, 0.15) is 155 Å². The monoisotopic (exact) mass is 790 g/mol. The number of phosphoric acid groups is 1. The highest BCUT2D eigenvalue weighted by atomic mass is 31.2. The number of hydrogen-bond donors (Lipinski definition) is 2. The second-order valence-corrected chi connectivity index (χ2v) is 14.9. The maximum Gasteiger partial charge on any atom is 0.472 e. The van der Waals surface area contributed by atoms with Crippen molar-refractivity contribution in [1.82, 2.24) is 0 Å². The summed E-state index contributed by atoms with van der Waals surface area (Å²) in [5, 5.41) is 0. The van der Waals surface area contributed by atoms with Crippen molar-refractivity contribution in [2.45, 2.75) is 161 Å². The van der Waals surface area contributed by atoms with Crippen molar-refractivity contribution in [3.63, 3.8) is 0 Å². The van der Waals surface area contributed by atoms with Gasteiger partial charge in [-0.3, -0.25) is 18.6 Å². The van der Waals surface area contributed by atoms with Gasteiger partial charge in [0.1, 0.15) is 6.61 Å².